The first-order chi connectivity index (χ1) is 13.9. The fraction of sp³-hybridized carbons (Fsp3) is 0. The van der Waals surface area contributed by atoms with Crippen molar-refractivity contribution in [3.8, 4) is 11.1 Å². The van der Waals surface area contributed by atoms with E-state index in [1.54, 1.807) is 42.6 Å². The van der Waals surface area contributed by atoms with Crippen molar-refractivity contribution in [2.75, 3.05) is 10.6 Å². The van der Waals surface area contributed by atoms with E-state index in [1.165, 1.54) is 12.1 Å². The topological polar surface area (TPSA) is 137 Å². The number of urea groups is 1. The second-order valence-corrected chi connectivity index (χ2v) is 6.49. The van der Waals surface area contributed by atoms with Crippen LogP contribution in [0.2, 0.25) is 0 Å². The molecule has 29 heavy (non-hydrogen) atoms. The minimum Gasteiger partial charge on any atom is -0.478 e. The number of amides is 3. The van der Waals surface area contributed by atoms with E-state index in [2.05, 4.69) is 15.6 Å². The van der Waals surface area contributed by atoms with E-state index in [0.29, 0.717) is 28.2 Å². The van der Waals surface area contributed by atoms with Gasteiger partial charge in [0.15, 0.2) is 0 Å². The molecule has 3 aromatic rings. The van der Waals surface area contributed by atoms with Gasteiger partial charge in [0, 0.05) is 28.8 Å². The number of aromatic amines is 1. The fourth-order valence-electron chi connectivity index (χ4n) is 3.17. The summed E-state index contributed by atoms with van der Waals surface area (Å²) in [5.41, 5.74) is 10.0. The average Bonchev–Trinajstić information content (AvgIpc) is 3.27. The van der Waals surface area contributed by atoms with E-state index in [1.807, 2.05) is 6.07 Å². The molecule has 2 heterocycles. The Hall–Kier alpha value is -4.33. The van der Waals surface area contributed by atoms with Crippen molar-refractivity contribution in [2.24, 2.45) is 5.73 Å². The molecule has 8 heteroatoms. The summed E-state index contributed by atoms with van der Waals surface area (Å²) in [6.07, 6.45) is 3.49. The molecule has 0 spiro atoms. The lowest BCUT2D eigenvalue weighted by Crippen LogP contribution is -2.19. The molecular weight excluding hydrogens is 372 g/mol. The minimum atomic E-state index is -0.979. The van der Waals surface area contributed by atoms with Gasteiger partial charge in [0.05, 0.1) is 11.1 Å². The minimum absolute atomic E-state index is 0.214. The number of carboxylic acids is 1. The maximum Gasteiger partial charge on any atom is 0.335 e. The van der Waals surface area contributed by atoms with Gasteiger partial charge < -0.3 is 26.5 Å². The van der Waals surface area contributed by atoms with Crippen LogP contribution in [-0.4, -0.2) is 28.0 Å². The predicted molar refractivity (Wildman–Crippen MR) is 109 cm³/mol. The van der Waals surface area contributed by atoms with Gasteiger partial charge in [-0.05, 0) is 53.6 Å². The molecule has 0 bridgehead atoms. The van der Waals surface area contributed by atoms with Gasteiger partial charge in [0.2, 0.25) is 0 Å². The van der Waals surface area contributed by atoms with Gasteiger partial charge in [0.25, 0.3) is 5.91 Å². The number of primary amides is 1. The van der Waals surface area contributed by atoms with Gasteiger partial charge in [-0.25, -0.2) is 9.59 Å². The number of nitrogens with one attached hydrogen (secondary N) is 3. The molecule has 1 aliphatic heterocycles. The summed E-state index contributed by atoms with van der Waals surface area (Å²) in [7, 11) is 0. The predicted octanol–water partition coefficient (Wildman–Crippen LogP) is 3.36. The molecule has 6 N–H and O–H groups in total. The normalized spacial score (nSPS) is 13.8. The van der Waals surface area contributed by atoms with Crippen LogP contribution in [-0.2, 0) is 4.79 Å². The van der Waals surface area contributed by atoms with Crippen molar-refractivity contribution in [3.63, 3.8) is 0 Å². The van der Waals surface area contributed by atoms with Gasteiger partial charge >= 0.3 is 12.0 Å². The smallest absolute Gasteiger partial charge is 0.335 e. The van der Waals surface area contributed by atoms with E-state index >= 15 is 0 Å². The number of H-pyrrole nitrogens is 1. The lowest BCUT2D eigenvalue weighted by molar-refractivity contribution is -0.110. The van der Waals surface area contributed by atoms with Gasteiger partial charge in [-0.1, -0.05) is 12.1 Å². The SMILES string of the molecule is NC(=O)Nc1ccc2c(c1)/C(=C/c1cc(-c3ccc(C(=O)O)cc3)c[nH]1)C(=O)N2. The highest BCUT2D eigenvalue weighted by molar-refractivity contribution is 6.35. The Morgan fingerprint density at radius 2 is 1.79 bits per heavy atom. The van der Waals surface area contributed by atoms with Crippen LogP contribution in [0.3, 0.4) is 0 Å². The first kappa shape index (κ1) is 18.1. The first-order valence-electron chi connectivity index (χ1n) is 8.67. The molecule has 3 amide bonds. The van der Waals surface area contributed by atoms with E-state index in [4.69, 9.17) is 10.8 Å². The summed E-state index contributed by atoms with van der Waals surface area (Å²) in [6.45, 7) is 0. The summed E-state index contributed by atoms with van der Waals surface area (Å²) < 4.78 is 0. The lowest BCUT2D eigenvalue weighted by atomic mass is 10.0. The summed E-state index contributed by atoms with van der Waals surface area (Å²) in [4.78, 5) is 37.5. The van der Waals surface area contributed by atoms with Gasteiger partial charge in [-0.3, -0.25) is 4.79 Å². The number of hydrogen-bond donors (Lipinski definition) is 5. The number of fused-ring (bicyclic) bond motifs is 1. The molecule has 0 fully saturated rings. The van der Waals surface area contributed by atoms with Crippen LogP contribution >= 0.6 is 0 Å². The van der Waals surface area contributed by atoms with Crippen LogP contribution in [0, 0.1) is 0 Å². The third kappa shape index (κ3) is 3.59. The number of anilines is 2. The van der Waals surface area contributed by atoms with Crippen LogP contribution in [0.5, 0.6) is 0 Å². The Labute approximate surface area is 165 Å². The zero-order chi connectivity index (χ0) is 20.5. The summed E-state index contributed by atoms with van der Waals surface area (Å²) in [5.74, 6) is -1.23. The van der Waals surface area contributed by atoms with Crippen molar-refractivity contribution in [2.45, 2.75) is 0 Å². The number of aromatic nitrogens is 1. The molecule has 0 saturated carbocycles. The average molecular weight is 388 g/mol. The molecule has 0 atom stereocenters. The van der Waals surface area contributed by atoms with Crippen LogP contribution in [0.1, 0.15) is 21.6 Å². The van der Waals surface area contributed by atoms with Crippen molar-refractivity contribution in [3.05, 3.63) is 71.5 Å². The summed E-state index contributed by atoms with van der Waals surface area (Å²) in [5, 5.41) is 14.3. The van der Waals surface area contributed by atoms with Gasteiger partial charge in [-0.15, -0.1) is 0 Å². The zero-order valence-corrected chi connectivity index (χ0v) is 15.0. The number of nitrogens with two attached hydrogens (primary N) is 1. The third-order valence-electron chi connectivity index (χ3n) is 4.54. The van der Waals surface area contributed by atoms with Crippen molar-refractivity contribution >= 4 is 40.9 Å². The molecule has 144 valence electrons. The fourth-order valence-corrected chi connectivity index (χ4v) is 3.17. The number of benzene rings is 2. The maximum atomic E-state index is 12.4. The van der Waals surface area contributed by atoms with Crippen LogP contribution in [0.25, 0.3) is 22.8 Å². The molecule has 8 nitrogen and oxygen atoms in total. The van der Waals surface area contributed by atoms with Crippen LogP contribution < -0.4 is 16.4 Å². The summed E-state index contributed by atoms with van der Waals surface area (Å²) >= 11 is 0. The molecule has 1 aromatic heterocycles. The maximum absolute atomic E-state index is 12.4. The number of rotatable bonds is 4. The number of carbonyl (C=O) groups is 3. The molecule has 4 rings (SSSR count). The molecule has 2 aromatic carbocycles. The Balaban J connectivity index is 1.65. The van der Waals surface area contributed by atoms with E-state index < -0.39 is 12.0 Å². The quantitative estimate of drug-likeness (QED) is 0.438. The standard InChI is InChI=1S/C21H16N4O4/c22-21(29)24-14-5-6-18-16(8-14)17(19(26)25-18)9-15-7-13(10-23-15)11-1-3-12(4-2-11)20(27)28/h1-10,23H,(H,25,26)(H,27,28)(H3,22,24,29)/b17-9-. The monoisotopic (exact) mass is 388 g/mol. The van der Waals surface area contributed by atoms with E-state index in [9.17, 15) is 14.4 Å². The molecular formula is C21H16N4O4. The van der Waals surface area contributed by atoms with Crippen molar-refractivity contribution < 1.29 is 19.5 Å². The number of hydrogen-bond acceptors (Lipinski definition) is 3. The highest BCUT2D eigenvalue weighted by Crippen LogP contribution is 2.35. The molecule has 0 unspecified atom stereocenters. The molecule has 0 saturated heterocycles. The Bertz CT molecular complexity index is 1180. The third-order valence-corrected chi connectivity index (χ3v) is 4.54. The second-order valence-electron chi connectivity index (χ2n) is 6.49. The Morgan fingerprint density at radius 1 is 1.03 bits per heavy atom. The summed E-state index contributed by atoms with van der Waals surface area (Å²) in [6, 6.07) is 12.7. The highest BCUT2D eigenvalue weighted by Gasteiger charge is 2.24. The van der Waals surface area contributed by atoms with Crippen molar-refractivity contribution in [1.29, 1.82) is 0 Å². The van der Waals surface area contributed by atoms with Crippen LogP contribution in [0.15, 0.2) is 54.7 Å². The second kappa shape index (κ2) is 7.01. The van der Waals surface area contributed by atoms with E-state index in [-0.39, 0.29) is 11.5 Å². The number of aromatic carboxylic acids is 1. The van der Waals surface area contributed by atoms with Crippen molar-refractivity contribution in [1.82, 2.24) is 4.98 Å². The Kier molecular flexibility index (Phi) is 4.36. The van der Waals surface area contributed by atoms with Crippen LogP contribution in [0.4, 0.5) is 16.2 Å². The van der Waals surface area contributed by atoms with Gasteiger partial charge in [-0.2, -0.15) is 0 Å². The Morgan fingerprint density at radius 3 is 2.48 bits per heavy atom. The number of carboxylic acid groups (broad SMARTS) is 1. The molecule has 0 radical (unpaired) electrons. The zero-order valence-electron chi connectivity index (χ0n) is 15.0. The highest BCUT2D eigenvalue weighted by atomic mass is 16.4. The molecule has 1 aliphatic rings. The van der Waals surface area contributed by atoms with Gasteiger partial charge in [0.1, 0.15) is 0 Å². The largest absolute Gasteiger partial charge is 0.478 e. The van der Waals surface area contributed by atoms with E-state index in [0.717, 1.165) is 11.1 Å². The molecule has 0 aliphatic carbocycles. The first-order valence-corrected chi connectivity index (χ1v) is 8.67. The lowest BCUT2D eigenvalue weighted by Gasteiger charge is -2.04. The number of carbonyl (C=O) groups excluding carboxylic acids is 2.